The zero-order chi connectivity index (χ0) is 13.7. The van der Waals surface area contributed by atoms with Crippen LogP contribution in [-0.4, -0.2) is 58.8 Å². The van der Waals surface area contributed by atoms with Crippen LogP contribution in [0.4, 0.5) is 0 Å². The van der Waals surface area contributed by atoms with Gasteiger partial charge in [0, 0.05) is 51.0 Å². The van der Waals surface area contributed by atoms with E-state index in [1.165, 1.54) is 18.5 Å². The van der Waals surface area contributed by atoms with Gasteiger partial charge in [-0.15, -0.1) is 0 Å². The van der Waals surface area contributed by atoms with Gasteiger partial charge in [0.25, 0.3) is 0 Å². The van der Waals surface area contributed by atoms with Crippen molar-refractivity contribution in [1.82, 2.24) is 19.6 Å². The molecule has 1 aliphatic rings. The van der Waals surface area contributed by atoms with E-state index in [4.69, 9.17) is 5.73 Å². The van der Waals surface area contributed by atoms with Gasteiger partial charge in [-0.05, 0) is 19.9 Å². The summed E-state index contributed by atoms with van der Waals surface area (Å²) in [6.45, 7) is 11.7. The third-order valence-electron chi connectivity index (χ3n) is 3.97. The first-order valence-corrected chi connectivity index (χ1v) is 7.47. The van der Waals surface area contributed by atoms with E-state index in [1.54, 1.807) is 0 Å². The summed E-state index contributed by atoms with van der Waals surface area (Å²) >= 11 is 0. The van der Waals surface area contributed by atoms with Crippen molar-refractivity contribution in [1.29, 1.82) is 0 Å². The number of rotatable bonds is 6. The molecule has 0 bridgehead atoms. The predicted octanol–water partition coefficient (Wildman–Crippen LogP) is 0.930. The molecule has 5 nitrogen and oxygen atoms in total. The maximum Gasteiger partial charge on any atom is 0.0538 e. The molecule has 2 rings (SSSR count). The number of piperazine rings is 1. The summed E-state index contributed by atoms with van der Waals surface area (Å²) in [5.74, 6) is 0. The number of hydrogen-bond acceptors (Lipinski definition) is 4. The lowest BCUT2D eigenvalue weighted by atomic mass is 10.1. The van der Waals surface area contributed by atoms with Crippen LogP contribution in [0.15, 0.2) is 12.4 Å². The molecule has 1 atom stereocenters. The van der Waals surface area contributed by atoms with E-state index < -0.39 is 0 Å². The predicted molar refractivity (Wildman–Crippen MR) is 78.0 cm³/mol. The molecule has 1 aliphatic heterocycles. The molecule has 0 radical (unpaired) electrons. The molecule has 0 aliphatic carbocycles. The van der Waals surface area contributed by atoms with Crippen LogP contribution in [0.5, 0.6) is 0 Å². The molecule has 1 saturated heterocycles. The Balaban J connectivity index is 1.95. The highest BCUT2D eigenvalue weighted by Gasteiger charge is 2.24. The van der Waals surface area contributed by atoms with E-state index in [9.17, 15) is 0 Å². The summed E-state index contributed by atoms with van der Waals surface area (Å²) in [4.78, 5) is 5.04. The van der Waals surface area contributed by atoms with E-state index >= 15 is 0 Å². The molecule has 0 saturated carbocycles. The van der Waals surface area contributed by atoms with Crippen LogP contribution in [0.1, 0.15) is 31.9 Å². The van der Waals surface area contributed by atoms with Gasteiger partial charge in [-0.1, -0.05) is 6.92 Å². The zero-order valence-electron chi connectivity index (χ0n) is 12.3. The minimum absolute atomic E-state index is 0.323. The van der Waals surface area contributed by atoms with E-state index in [0.29, 0.717) is 12.6 Å². The highest BCUT2D eigenvalue weighted by Crippen LogP contribution is 2.20. The molecule has 0 spiro atoms. The summed E-state index contributed by atoms with van der Waals surface area (Å²) in [6, 6.07) is 0.323. The maximum absolute atomic E-state index is 5.99. The molecule has 2 N–H and O–H groups in total. The van der Waals surface area contributed by atoms with Gasteiger partial charge in [-0.25, -0.2) is 0 Å². The monoisotopic (exact) mass is 265 g/mol. The number of aryl methyl sites for hydroxylation is 1. The Labute approximate surface area is 116 Å². The fraction of sp³-hybridized carbons (Fsp3) is 0.786. The third-order valence-corrected chi connectivity index (χ3v) is 3.97. The second-order valence-electron chi connectivity index (χ2n) is 5.26. The molecule has 19 heavy (non-hydrogen) atoms. The Bertz CT molecular complexity index is 368. The van der Waals surface area contributed by atoms with Gasteiger partial charge in [-0.2, -0.15) is 5.10 Å². The van der Waals surface area contributed by atoms with Gasteiger partial charge in [0.2, 0.25) is 0 Å². The first-order chi connectivity index (χ1) is 9.28. The molecule has 108 valence electrons. The van der Waals surface area contributed by atoms with Gasteiger partial charge in [0.15, 0.2) is 0 Å². The summed E-state index contributed by atoms with van der Waals surface area (Å²) in [5.41, 5.74) is 7.25. The average Bonchev–Trinajstić information content (AvgIpc) is 2.91. The molecular weight excluding hydrogens is 238 g/mol. The Hall–Kier alpha value is -0.910. The van der Waals surface area contributed by atoms with E-state index in [2.05, 4.69) is 34.9 Å². The lowest BCUT2D eigenvalue weighted by molar-refractivity contribution is 0.0985. The molecule has 1 unspecified atom stereocenters. The van der Waals surface area contributed by atoms with Crippen LogP contribution in [0.25, 0.3) is 0 Å². The summed E-state index contributed by atoms with van der Waals surface area (Å²) in [6.07, 6.45) is 5.35. The second-order valence-corrected chi connectivity index (χ2v) is 5.26. The van der Waals surface area contributed by atoms with Gasteiger partial charge >= 0.3 is 0 Å². The molecule has 1 aromatic rings. The minimum Gasteiger partial charge on any atom is -0.329 e. The Morgan fingerprint density at radius 3 is 2.53 bits per heavy atom. The van der Waals surface area contributed by atoms with Crippen molar-refractivity contribution in [3.8, 4) is 0 Å². The molecule has 0 aromatic carbocycles. The van der Waals surface area contributed by atoms with Crippen molar-refractivity contribution in [2.75, 3.05) is 39.3 Å². The van der Waals surface area contributed by atoms with Crippen LogP contribution < -0.4 is 5.73 Å². The number of aromatic nitrogens is 2. The first-order valence-electron chi connectivity index (χ1n) is 7.47. The van der Waals surface area contributed by atoms with E-state index in [0.717, 1.165) is 32.7 Å². The van der Waals surface area contributed by atoms with Crippen LogP contribution in [0.2, 0.25) is 0 Å². The minimum atomic E-state index is 0.323. The standard InChI is InChI=1S/C14H27N5/c1-3-5-17-6-8-18(9-7-17)14(10-15)13-11-16-19(4-2)12-13/h11-12,14H,3-10,15H2,1-2H3. The fourth-order valence-electron chi connectivity index (χ4n) is 2.84. The molecule has 1 aromatic heterocycles. The highest BCUT2D eigenvalue weighted by atomic mass is 15.3. The van der Waals surface area contributed by atoms with Gasteiger partial charge in [-0.3, -0.25) is 9.58 Å². The molecule has 2 heterocycles. The number of hydrogen-bond donors (Lipinski definition) is 1. The Morgan fingerprint density at radius 2 is 2.00 bits per heavy atom. The number of nitrogens with two attached hydrogens (primary N) is 1. The molecule has 5 heteroatoms. The smallest absolute Gasteiger partial charge is 0.0538 e. The van der Waals surface area contributed by atoms with Crippen molar-refractivity contribution < 1.29 is 0 Å². The quantitative estimate of drug-likeness (QED) is 0.831. The van der Waals surface area contributed by atoms with Gasteiger partial charge < -0.3 is 10.6 Å². The highest BCUT2D eigenvalue weighted by molar-refractivity contribution is 5.11. The fourth-order valence-corrected chi connectivity index (χ4v) is 2.84. The first kappa shape index (κ1) is 14.5. The van der Waals surface area contributed by atoms with Gasteiger partial charge in [0.05, 0.1) is 12.2 Å². The van der Waals surface area contributed by atoms with Crippen molar-refractivity contribution >= 4 is 0 Å². The van der Waals surface area contributed by atoms with Crippen molar-refractivity contribution in [3.05, 3.63) is 18.0 Å². The Kier molecular flexibility index (Phi) is 5.36. The lowest BCUT2D eigenvalue weighted by Gasteiger charge is -2.38. The molecule has 0 amide bonds. The van der Waals surface area contributed by atoms with E-state index in [1.807, 2.05) is 10.9 Å². The summed E-state index contributed by atoms with van der Waals surface area (Å²) in [7, 11) is 0. The third kappa shape index (κ3) is 3.55. The second kappa shape index (κ2) is 7.03. The topological polar surface area (TPSA) is 50.3 Å². The van der Waals surface area contributed by atoms with E-state index in [-0.39, 0.29) is 0 Å². The zero-order valence-corrected chi connectivity index (χ0v) is 12.3. The summed E-state index contributed by atoms with van der Waals surface area (Å²) in [5, 5.41) is 4.37. The molecular formula is C14H27N5. The SMILES string of the molecule is CCCN1CCN(C(CN)c2cnn(CC)c2)CC1. The Morgan fingerprint density at radius 1 is 1.26 bits per heavy atom. The van der Waals surface area contributed by atoms with Crippen LogP contribution in [0, 0.1) is 0 Å². The van der Waals surface area contributed by atoms with Gasteiger partial charge in [0.1, 0.15) is 0 Å². The van der Waals surface area contributed by atoms with Crippen LogP contribution >= 0.6 is 0 Å². The maximum atomic E-state index is 5.99. The lowest BCUT2D eigenvalue weighted by Crippen LogP contribution is -2.49. The largest absolute Gasteiger partial charge is 0.329 e. The summed E-state index contributed by atoms with van der Waals surface area (Å²) < 4.78 is 1.98. The molecule has 1 fully saturated rings. The van der Waals surface area contributed by atoms with Crippen molar-refractivity contribution in [2.24, 2.45) is 5.73 Å². The average molecular weight is 265 g/mol. The van der Waals surface area contributed by atoms with Crippen molar-refractivity contribution in [2.45, 2.75) is 32.9 Å². The number of nitrogens with zero attached hydrogens (tertiary/aromatic N) is 4. The van der Waals surface area contributed by atoms with Crippen LogP contribution in [0.3, 0.4) is 0 Å². The van der Waals surface area contributed by atoms with Crippen molar-refractivity contribution in [3.63, 3.8) is 0 Å². The van der Waals surface area contributed by atoms with Crippen LogP contribution in [-0.2, 0) is 6.54 Å². The normalized spacial score (nSPS) is 19.7.